The van der Waals surface area contributed by atoms with E-state index in [4.69, 9.17) is 5.73 Å². The Bertz CT molecular complexity index is 1040. The van der Waals surface area contributed by atoms with Crippen LogP contribution in [0.3, 0.4) is 0 Å². The summed E-state index contributed by atoms with van der Waals surface area (Å²) in [4.78, 5) is 60.9. The van der Waals surface area contributed by atoms with Gasteiger partial charge in [-0.05, 0) is 18.4 Å². The van der Waals surface area contributed by atoms with E-state index < -0.39 is 67.4 Å². The van der Waals surface area contributed by atoms with Crippen LogP contribution in [0, 0.1) is 0 Å². The van der Waals surface area contributed by atoms with Gasteiger partial charge in [0.25, 0.3) is 0 Å². The van der Waals surface area contributed by atoms with Gasteiger partial charge in [0.05, 0.1) is 19.1 Å². The zero-order valence-electron chi connectivity index (χ0n) is 27.2. The lowest BCUT2D eigenvalue weighted by molar-refractivity contribution is -0.212. The Morgan fingerprint density at radius 2 is 1.33 bits per heavy atom. The molecule has 3 atom stereocenters. The molecule has 0 radical (unpaired) electrons. The minimum Gasteiger partial charge on any atom is -0.382 e. The molecular formula is C32H52F3N5O6. The van der Waals surface area contributed by atoms with Crippen molar-refractivity contribution in [3.63, 3.8) is 0 Å². The number of amides is 5. The Labute approximate surface area is 270 Å². The minimum atomic E-state index is -5.08. The molecular weight excluding hydrogens is 607 g/mol. The number of aliphatic hydroxyl groups excluding tert-OH is 1. The zero-order chi connectivity index (χ0) is 35.0. The fourth-order valence-electron chi connectivity index (χ4n) is 4.20. The van der Waals surface area contributed by atoms with Gasteiger partial charge in [0.15, 0.2) is 6.10 Å². The molecule has 0 aliphatic heterocycles. The molecule has 0 fully saturated rings. The fourth-order valence-corrected chi connectivity index (χ4v) is 4.20. The second-order valence-corrected chi connectivity index (χ2v) is 11.0. The van der Waals surface area contributed by atoms with E-state index in [0.29, 0.717) is 12.0 Å². The third kappa shape index (κ3) is 21.1. The number of unbranched alkanes of at least 4 members (excludes halogenated alkanes) is 6. The van der Waals surface area contributed by atoms with Crippen LogP contribution >= 0.6 is 0 Å². The van der Waals surface area contributed by atoms with Crippen molar-refractivity contribution in [1.29, 1.82) is 0 Å². The average Bonchev–Trinajstić information content (AvgIpc) is 3.00. The first-order valence-corrected chi connectivity index (χ1v) is 15.9. The quantitative estimate of drug-likeness (QED) is 0.110. The normalized spacial score (nSPS) is 12.8. The zero-order valence-corrected chi connectivity index (χ0v) is 27.2. The summed E-state index contributed by atoms with van der Waals surface area (Å²) in [5.41, 5.74) is 5.65. The number of nitrogens with two attached hydrogens (primary N) is 1. The van der Waals surface area contributed by atoms with Gasteiger partial charge in [-0.1, -0.05) is 96.0 Å². The van der Waals surface area contributed by atoms with Crippen molar-refractivity contribution in [3.8, 4) is 0 Å². The Kier molecular flexibility index (Phi) is 22.6. The molecule has 7 N–H and O–H groups in total. The second kappa shape index (κ2) is 24.5. The number of halogens is 3. The van der Waals surface area contributed by atoms with E-state index in [9.17, 15) is 42.3 Å². The summed E-state index contributed by atoms with van der Waals surface area (Å²) >= 11 is 0. The number of hydrogen-bond donors (Lipinski definition) is 6. The van der Waals surface area contributed by atoms with E-state index in [1.807, 2.05) is 5.32 Å². The number of carbonyl (C=O) groups excluding carboxylic acids is 5. The SMILES string of the molecule is CCC.CCCCCCCCCC(=O)NCC(=O)NC(Cc1ccccc1)C(=O)NCC(=O)NC(CCC(N)=O)C(O)C(F)(F)F. The van der Waals surface area contributed by atoms with Crippen molar-refractivity contribution in [2.24, 2.45) is 5.73 Å². The van der Waals surface area contributed by atoms with Crippen LogP contribution in [-0.2, 0) is 30.4 Å². The summed E-state index contributed by atoms with van der Waals surface area (Å²) in [5.74, 6) is -3.72. The van der Waals surface area contributed by atoms with Crippen molar-refractivity contribution >= 4 is 29.5 Å². The molecule has 1 aromatic carbocycles. The molecule has 0 aliphatic rings. The van der Waals surface area contributed by atoms with Crippen molar-refractivity contribution < 1.29 is 42.3 Å². The topological polar surface area (TPSA) is 180 Å². The van der Waals surface area contributed by atoms with E-state index in [-0.39, 0.29) is 25.3 Å². The van der Waals surface area contributed by atoms with E-state index >= 15 is 0 Å². The lowest BCUT2D eigenvalue weighted by Gasteiger charge is -2.26. The first-order chi connectivity index (χ1) is 21.7. The van der Waals surface area contributed by atoms with Gasteiger partial charge in [0.1, 0.15) is 6.04 Å². The number of aliphatic hydroxyl groups is 1. The molecule has 46 heavy (non-hydrogen) atoms. The van der Waals surface area contributed by atoms with Crippen LogP contribution in [0.2, 0.25) is 0 Å². The van der Waals surface area contributed by atoms with Gasteiger partial charge in [-0.25, -0.2) is 0 Å². The lowest BCUT2D eigenvalue weighted by Crippen LogP contribution is -2.54. The predicted octanol–water partition coefficient (Wildman–Crippen LogP) is 3.18. The maximum atomic E-state index is 13.0. The molecule has 0 spiro atoms. The Morgan fingerprint density at radius 1 is 0.783 bits per heavy atom. The molecule has 0 aromatic heterocycles. The summed E-state index contributed by atoms with van der Waals surface area (Å²) in [6, 6.07) is 5.59. The molecule has 5 amide bonds. The first-order valence-electron chi connectivity index (χ1n) is 15.9. The first kappa shape index (κ1) is 42.3. The number of carbonyl (C=O) groups is 5. The van der Waals surface area contributed by atoms with Crippen molar-refractivity contribution in [1.82, 2.24) is 21.3 Å². The van der Waals surface area contributed by atoms with Gasteiger partial charge in [-0.15, -0.1) is 0 Å². The second-order valence-electron chi connectivity index (χ2n) is 11.0. The Balaban J connectivity index is 0.00000647. The van der Waals surface area contributed by atoms with Crippen LogP contribution in [0.1, 0.15) is 97.0 Å². The molecule has 11 nitrogen and oxygen atoms in total. The van der Waals surface area contributed by atoms with Crippen LogP contribution in [0.5, 0.6) is 0 Å². The Morgan fingerprint density at radius 3 is 1.89 bits per heavy atom. The number of alkyl halides is 3. The number of rotatable bonds is 21. The predicted molar refractivity (Wildman–Crippen MR) is 169 cm³/mol. The van der Waals surface area contributed by atoms with Crippen molar-refractivity contribution in [3.05, 3.63) is 35.9 Å². The number of hydrogen-bond acceptors (Lipinski definition) is 6. The summed E-state index contributed by atoms with van der Waals surface area (Å²) in [7, 11) is 0. The van der Waals surface area contributed by atoms with Crippen LogP contribution < -0.4 is 27.0 Å². The highest BCUT2D eigenvalue weighted by Gasteiger charge is 2.44. The van der Waals surface area contributed by atoms with Gasteiger partial charge >= 0.3 is 6.18 Å². The molecule has 0 saturated heterocycles. The molecule has 14 heteroatoms. The summed E-state index contributed by atoms with van der Waals surface area (Å²) in [6.07, 6.45) is -0.293. The number of benzene rings is 1. The van der Waals surface area contributed by atoms with E-state index in [1.54, 1.807) is 30.3 Å². The summed E-state index contributed by atoms with van der Waals surface area (Å²) in [5, 5.41) is 18.8. The third-order valence-electron chi connectivity index (χ3n) is 6.58. The maximum absolute atomic E-state index is 13.0. The standard InChI is InChI=1S/C29H44F3N5O6.C3H8/c1-2-3-4-5-6-7-11-14-24(39)34-18-25(40)37-22(17-20-12-9-8-10-13-20)28(43)35-19-26(41)36-21(15-16-23(33)38)27(42)29(30,31)32;1-3-2/h8-10,12-13,21-22,27,42H,2-7,11,14-19H2,1H3,(H2,33,38)(H,34,39)(H,35,43)(H,36,41)(H,37,40);3H2,1-2H3. The average molecular weight is 660 g/mol. The Hall–Kier alpha value is -3.68. The lowest BCUT2D eigenvalue weighted by atomic mass is 10.0. The molecule has 0 bridgehead atoms. The van der Waals surface area contributed by atoms with Gasteiger partial charge in [-0.3, -0.25) is 24.0 Å². The van der Waals surface area contributed by atoms with Crippen LogP contribution in [0.4, 0.5) is 13.2 Å². The van der Waals surface area contributed by atoms with Gasteiger partial charge in [0, 0.05) is 19.3 Å². The highest BCUT2D eigenvalue weighted by Crippen LogP contribution is 2.24. The van der Waals surface area contributed by atoms with Crippen molar-refractivity contribution in [2.45, 2.75) is 122 Å². The van der Waals surface area contributed by atoms with Crippen LogP contribution in [-0.4, -0.2) is 72.1 Å². The highest BCUT2D eigenvalue weighted by molar-refractivity contribution is 5.92. The number of nitrogens with one attached hydrogen (secondary N) is 4. The molecule has 1 aromatic rings. The van der Waals surface area contributed by atoms with E-state index in [1.165, 1.54) is 19.3 Å². The van der Waals surface area contributed by atoms with Crippen LogP contribution in [0.25, 0.3) is 0 Å². The molecule has 262 valence electrons. The molecule has 1 rings (SSSR count). The smallest absolute Gasteiger partial charge is 0.382 e. The molecule has 3 unspecified atom stereocenters. The van der Waals surface area contributed by atoms with Crippen LogP contribution in [0.15, 0.2) is 30.3 Å². The maximum Gasteiger partial charge on any atom is 0.416 e. The summed E-state index contributed by atoms with van der Waals surface area (Å²) in [6.45, 7) is 5.25. The number of primary amides is 1. The summed E-state index contributed by atoms with van der Waals surface area (Å²) < 4.78 is 39.0. The third-order valence-corrected chi connectivity index (χ3v) is 6.58. The largest absolute Gasteiger partial charge is 0.416 e. The van der Waals surface area contributed by atoms with Crippen molar-refractivity contribution in [2.75, 3.05) is 13.1 Å². The molecule has 0 heterocycles. The van der Waals surface area contributed by atoms with E-state index in [2.05, 4.69) is 36.7 Å². The van der Waals surface area contributed by atoms with Gasteiger partial charge in [0.2, 0.25) is 29.5 Å². The van der Waals surface area contributed by atoms with E-state index in [0.717, 1.165) is 25.7 Å². The minimum absolute atomic E-state index is 0.0278. The van der Waals surface area contributed by atoms with Gasteiger partial charge < -0.3 is 32.1 Å². The monoisotopic (exact) mass is 659 g/mol. The molecule has 0 aliphatic carbocycles. The molecule has 0 saturated carbocycles. The highest BCUT2D eigenvalue weighted by atomic mass is 19.4. The fraction of sp³-hybridized carbons (Fsp3) is 0.656. The van der Waals surface area contributed by atoms with Gasteiger partial charge in [-0.2, -0.15) is 13.2 Å².